The van der Waals surface area contributed by atoms with Gasteiger partial charge in [0, 0.05) is 0 Å². The van der Waals surface area contributed by atoms with Crippen molar-refractivity contribution in [3.8, 4) is 0 Å². The number of sulfonamides is 1. The second-order valence-corrected chi connectivity index (χ2v) is 9.69. The van der Waals surface area contributed by atoms with Gasteiger partial charge >= 0.3 is 0 Å². The first kappa shape index (κ1) is 21.1. The van der Waals surface area contributed by atoms with E-state index in [2.05, 4.69) is 17.4 Å². The molecule has 0 spiro atoms. The number of para-hydroxylation sites is 1. The van der Waals surface area contributed by atoms with Gasteiger partial charge in [0.15, 0.2) is 0 Å². The molecule has 0 aromatic heterocycles. The molecule has 1 amide bonds. The Morgan fingerprint density at radius 2 is 1.58 bits per heavy atom. The van der Waals surface area contributed by atoms with E-state index in [0.29, 0.717) is 5.69 Å². The summed E-state index contributed by atoms with van der Waals surface area (Å²) in [6.45, 7) is 1.63. The van der Waals surface area contributed by atoms with Gasteiger partial charge in [-0.05, 0) is 67.1 Å². The number of hydrogen-bond acceptors (Lipinski definition) is 3. The Kier molecular flexibility index (Phi) is 6.09. The molecule has 0 radical (unpaired) electrons. The normalized spacial score (nSPS) is 14.0. The smallest absolute Gasteiger partial charge is 0.264 e. The van der Waals surface area contributed by atoms with Crippen LogP contribution >= 0.6 is 0 Å². The van der Waals surface area contributed by atoms with Crippen LogP contribution in [0.25, 0.3) is 0 Å². The van der Waals surface area contributed by atoms with E-state index in [0.717, 1.165) is 22.7 Å². The average Bonchev–Trinajstić information content (AvgIpc) is 3.26. The number of benzene rings is 3. The second kappa shape index (κ2) is 8.94. The number of aryl methyl sites for hydroxylation is 2. The Morgan fingerprint density at radius 1 is 0.935 bits per heavy atom. The minimum Gasteiger partial charge on any atom is -0.348 e. The lowest BCUT2D eigenvalue weighted by Gasteiger charge is -2.25. The third-order valence-corrected chi connectivity index (χ3v) is 7.45. The highest BCUT2D eigenvalue weighted by atomic mass is 32.2. The molecule has 3 aromatic rings. The predicted molar refractivity (Wildman–Crippen MR) is 122 cm³/mol. The van der Waals surface area contributed by atoms with E-state index in [1.165, 1.54) is 29.7 Å². The summed E-state index contributed by atoms with van der Waals surface area (Å²) in [5.74, 6) is -0.351. The van der Waals surface area contributed by atoms with Crippen molar-refractivity contribution in [1.82, 2.24) is 5.32 Å². The van der Waals surface area contributed by atoms with Gasteiger partial charge in [-0.2, -0.15) is 0 Å². The highest BCUT2D eigenvalue weighted by Crippen LogP contribution is 2.26. The predicted octanol–water partition coefficient (Wildman–Crippen LogP) is 4.25. The Bertz CT molecular complexity index is 1160. The number of nitrogens with one attached hydrogen (secondary N) is 1. The maximum absolute atomic E-state index is 13.3. The van der Waals surface area contributed by atoms with Gasteiger partial charge in [-0.1, -0.05) is 54.6 Å². The quantitative estimate of drug-likeness (QED) is 0.605. The number of amides is 1. The zero-order valence-electron chi connectivity index (χ0n) is 17.5. The Balaban J connectivity index is 1.55. The molecule has 0 aliphatic heterocycles. The Hall–Kier alpha value is -3.12. The summed E-state index contributed by atoms with van der Waals surface area (Å²) in [5, 5.41) is 2.97. The molecule has 160 valence electrons. The largest absolute Gasteiger partial charge is 0.348 e. The van der Waals surface area contributed by atoms with Crippen LogP contribution in [0.15, 0.2) is 83.8 Å². The van der Waals surface area contributed by atoms with E-state index < -0.39 is 10.0 Å². The van der Waals surface area contributed by atoms with Crippen molar-refractivity contribution in [2.45, 2.75) is 37.1 Å². The van der Waals surface area contributed by atoms with E-state index in [-0.39, 0.29) is 23.4 Å². The zero-order chi connectivity index (χ0) is 21.8. The number of carbonyl (C=O) groups is 1. The number of nitrogens with zero attached hydrogens (tertiary/aromatic N) is 1. The van der Waals surface area contributed by atoms with Crippen LogP contribution < -0.4 is 9.62 Å². The molecule has 31 heavy (non-hydrogen) atoms. The summed E-state index contributed by atoms with van der Waals surface area (Å²) >= 11 is 0. The molecule has 1 N–H and O–H groups in total. The van der Waals surface area contributed by atoms with E-state index in [1.54, 1.807) is 42.5 Å². The van der Waals surface area contributed by atoms with Crippen molar-refractivity contribution in [2.75, 3.05) is 10.8 Å². The minimum absolute atomic E-state index is 0.151. The Morgan fingerprint density at radius 3 is 2.29 bits per heavy atom. The first-order valence-electron chi connectivity index (χ1n) is 10.5. The van der Waals surface area contributed by atoms with Gasteiger partial charge < -0.3 is 5.32 Å². The standard InChI is InChI=1S/C25H26N2O3S/c1-19(21-16-15-20-9-8-10-22(20)17-21)26-25(28)18-27(23-11-4-2-5-12-23)31(29,30)24-13-6-3-7-14-24/h2-7,11-17,19H,8-10,18H2,1H3,(H,26,28)/t19-/m0/s1. The molecule has 0 saturated heterocycles. The number of rotatable bonds is 7. The number of hydrogen-bond donors (Lipinski definition) is 1. The fourth-order valence-corrected chi connectivity index (χ4v) is 5.43. The van der Waals surface area contributed by atoms with Crippen LogP contribution in [0, 0.1) is 0 Å². The zero-order valence-corrected chi connectivity index (χ0v) is 18.3. The van der Waals surface area contributed by atoms with Crippen LogP contribution in [0.2, 0.25) is 0 Å². The molecule has 0 saturated carbocycles. The molecule has 1 aliphatic rings. The van der Waals surface area contributed by atoms with Crippen LogP contribution in [0.1, 0.15) is 36.1 Å². The van der Waals surface area contributed by atoms with Gasteiger partial charge in [0.2, 0.25) is 5.91 Å². The lowest BCUT2D eigenvalue weighted by molar-refractivity contribution is -0.120. The fraction of sp³-hybridized carbons (Fsp3) is 0.240. The molecule has 0 fully saturated rings. The molecule has 0 unspecified atom stereocenters. The van der Waals surface area contributed by atoms with Gasteiger partial charge in [0.05, 0.1) is 16.6 Å². The lowest BCUT2D eigenvalue weighted by atomic mass is 10.0. The van der Waals surface area contributed by atoms with E-state index in [1.807, 2.05) is 19.1 Å². The summed E-state index contributed by atoms with van der Waals surface area (Å²) in [7, 11) is -3.89. The number of carbonyl (C=O) groups excluding carboxylic acids is 1. The molecular weight excluding hydrogens is 408 g/mol. The maximum Gasteiger partial charge on any atom is 0.264 e. The van der Waals surface area contributed by atoms with Gasteiger partial charge in [-0.3, -0.25) is 9.10 Å². The van der Waals surface area contributed by atoms with Crippen molar-refractivity contribution >= 4 is 21.6 Å². The van der Waals surface area contributed by atoms with Gasteiger partial charge in [0.25, 0.3) is 10.0 Å². The van der Waals surface area contributed by atoms with Crippen molar-refractivity contribution in [3.05, 3.63) is 95.6 Å². The molecular formula is C25H26N2O3S. The molecule has 6 heteroatoms. The summed E-state index contributed by atoms with van der Waals surface area (Å²) < 4.78 is 27.8. The van der Waals surface area contributed by atoms with Crippen molar-refractivity contribution in [2.24, 2.45) is 0 Å². The lowest BCUT2D eigenvalue weighted by Crippen LogP contribution is -2.41. The summed E-state index contributed by atoms with van der Waals surface area (Å²) in [6.07, 6.45) is 3.35. The van der Waals surface area contributed by atoms with E-state index in [9.17, 15) is 13.2 Å². The molecule has 0 heterocycles. The average molecular weight is 435 g/mol. The maximum atomic E-state index is 13.3. The molecule has 0 bridgehead atoms. The summed E-state index contributed by atoms with van der Waals surface area (Å²) in [6, 6.07) is 23.0. The van der Waals surface area contributed by atoms with Crippen LogP contribution in [0.5, 0.6) is 0 Å². The molecule has 1 aliphatic carbocycles. The highest BCUT2D eigenvalue weighted by molar-refractivity contribution is 7.92. The minimum atomic E-state index is -3.89. The fourth-order valence-electron chi connectivity index (χ4n) is 3.99. The molecule has 4 rings (SSSR count). The van der Waals surface area contributed by atoms with E-state index >= 15 is 0 Å². The monoisotopic (exact) mass is 434 g/mol. The van der Waals surface area contributed by atoms with Crippen LogP contribution in [-0.4, -0.2) is 20.9 Å². The molecule has 5 nitrogen and oxygen atoms in total. The first-order chi connectivity index (χ1) is 14.9. The topological polar surface area (TPSA) is 66.5 Å². The summed E-state index contributed by atoms with van der Waals surface area (Å²) in [4.78, 5) is 13.1. The number of fused-ring (bicyclic) bond motifs is 1. The second-order valence-electron chi connectivity index (χ2n) is 7.83. The van der Waals surface area contributed by atoms with E-state index in [4.69, 9.17) is 0 Å². The van der Waals surface area contributed by atoms with Crippen molar-refractivity contribution < 1.29 is 13.2 Å². The molecule has 3 aromatic carbocycles. The van der Waals surface area contributed by atoms with Gasteiger partial charge in [-0.15, -0.1) is 0 Å². The van der Waals surface area contributed by atoms with Crippen LogP contribution in [0.3, 0.4) is 0 Å². The summed E-state index contributed by atoms with van der Waals surface area (Å²) in [5.41, 5.74) is 4.21. The number of anilines is 1. The van der Waals surface area contributed by atoms with Crippen LogP contribution in [0.4, 0.5) is 5.69 Å². The van der Waals surface area contributed by atoms with Crippen molar-refractivity contribution in [3.63, 3.8) is 0 Å². The third kappa shape index (κ3) is 4.64. The van der Waals surface area contributed by atoms with Gasteiger partial charge in [0.1, 0.15) is 6.54 Å². The molecule has 1 atom stereocenters. The van der Waals surface area contributed by atoms with Crippen LogP contribution in [-0.2, 0) is 27.7 Å². The SMILES string of the molecule is C[C@H](NC(=O)CN(c1ccccc1)S(=O)(=O)c1ccccc1)c1ccc2c(c1)CCC2. The van der Waals surface area contributed by atoms with Crippen molar-refractivity contribution in [1.29, 1.82) is 0 Å². The Labute approximate surface area is 183 Å². The third-order valence-electron chi connectivity index (χ3n) is 5.66. The van der Waals surface area contributed by atoms with Gasteiger partial charge in [-0.25, -0.2) is 8.42 Å². The highest BCUT2D eigenvalue weighted by Gasteiger charge is 2.27. The first-order valence-corrected chi connectivity index (χ1v) is 11.9.